The van der Waals surface area contributed by atoms with Gasteiger partial charge in [-0.1, -0.05) is 12.8 Å². The number of hydrogen-bond donors (Lipinski definition) is 2. The van der Waals surface area contributed by atoms with Crippen molar-refractivity contribution in [2.45, 2.75) is 56.5 Å². The van der Waals surface area contributed by atoms with E-state index in [9.17, 15) is 0 Å². The van der Waals surface area contributed by atoms with E-state index in [4.69, 9.17) is 19.9 Å². The predicted octanol–water partition coefficient (Wildman–Crippen LogP) is 0.755. The van der Waals surface area contributed by atoms with Crippen molar-refractivity contribution in [3.63, 3.8) is 0 Å². The summed E-state index contributed by atoms with van der Waals surface area (Å²) in [7, 11) is 0. The SMILES string of the molecule is NC(=NCC1COC2(CCOCC2)O1)NC1CCCC1. The second kappa shape index (κ2) is 6.28. The van der Waals surface area contributed by atoms with Crippen molar-refractivity contribution in [2.24, 2.45) is 10.7 Å². The molecular weight excluding hydrogens is 258 g/mol. The predicted molar refractivity (Wildman–Crippen MR) is 75.5 cm³/mol. The van der Waals surface area contributed by atoms with Gasteiger partial charge < -0.3 is 25.3 Å². The van der Waals surface area contributed by atoms with Crippen LogP contribution in [0, 0.1) is 0 Å². The van der Waals surface area contributed by atoms with Crippen molar-refractivity contribution in [2.75, 3.05) is 26.4 Å². The van der Waals surface area contributed by atoms with Crippen LogP contribution < -0.4 is 11.1 Å². The number of guanidine groups is 1. The third-order valence-corrected chi connectivity index (χ3v) is 4.34. The molecule has 0 radical (unpaired) electrons. The zero-order valence-electron chi connectivity index (χ0n) is 12.0. The fourth-order valence-electron chi connectivity index (χ4n) is 3.18. The van der Waals surface area contributed by atoms with Gasteiger partial charge >= 0.3 is 0 Å². The second-order valence-corrected chi connectivity index (χ2v) is 5.93. The van der Waals surface area contributed by atoms with Crippen LogP contribution in [0.4, 0.5) is 0 Å². The number of rotatable bonds is 3. The number of hydrogen-bond acceptors (Lipinski definition) is 4. The molecule has 6 heteroatoms. The second-order valence-electron chi connectivity index (χ2n) is 5.93. The molecule has 6 nitrogen and oxygen atoms in total. The van der Waals surface area contributed by atoms with Crippen molar-refractivity contribution >= 4 is 5.96 Å². The molecule has 3 rings (SSSR count). The molecule has 0 aromatic rings. The first kappa shape index (κ1) is 14.1. The van der Waals surface area contributed by atoms with Gasteiger partial charge in [-0.3, -0.25) is 4.99 Å². The van der Waals surface area contributed by atoms with E-state index in [1.54, 1.807) is 0 Å². The van der Waals surface area contributed by atoms with E-state index in [0.717, 1.165) is 12.8 Å². The van der Waals surface area contributed by atoms with Gasteiger partial charge in [-0.15, -0.1) is 0 Å². The summed E-state index contributed by atoms with van der Waals surface area (Å²) in [5, 5.41) is 3.29. The summed E-state index contributed by atoms with van der Waals surface area (Å²) >= 11 is 0. The molecule has 0 aromatic carbocycles. The number of aliphatic imine (C=N–C) groups is 1. The van der Waals surface area contributed by atoms with Crippen molar-refractivity contribution in [3.8, 4) is 0 Å². The highest BCUT2D eigenvalue weighted by Crippen LogP contribution is 2.33. The third kappa shape index (κ3) is 3.42. The van der Waals surface area contributed by atoms with E-state index >= 15 is 0 Å². The zero-order chi connectivity index (χ0) is 13.8. The van der Waals surface area contributed by atoms with E-state index < -0.39 is 5.79 Å². The van der Waals surface area contributed by atoms with Crippen molar-refractivity contribution < 1.29 is 14.2 Å². The van der Waals surface area contributed by atoms with E-state index in [1.807, 2.05) is 0 Å². The van der Waals surface area contributed by atoms with E-state index in [0.29, 0.717) is 38.4 Å². The highest BCUT2D eigenvalue weighted by Gasteiger charge is 2.42. The number of nitrogens with two attached hydrogens (primary N) is 1. The van der Waals surface area contributed by atoms with Crippen LogP contribution in [-0.2, 0) is 14.2 Å². The maximum absolute atomic E-state index is 6.02. The summed E-state index contributed by atoms with van der Waals surface area (Å²) in [6.45, 7) is 2.58. The lowest BCUT2D eigenvalue weighted by Gasteiger charge is -2.31. The molecule has 20 heavy (non-hydrogen) atoms. The number of nitrogens with zero attached hydrogens (tertiary/aromatic N) is 1. The molecular formula is C14H25N3O3. The van der Waals surface area contributed by atoms with Crippen LogP contribution in [0.3, 0.4) is 0 Å². The van der Waals surface area contributed by atoms with Gasteiger partial charge in [-0.05, 0) is 12.8 Å². The Labute approximate surface area is 120 Å². The van der Waals surface area contributed by atoms with Crippen LogP contribution in [0.5, 0.6) is 0 Å². The molecule has 1 atom stereocenters. The van der Waals surface area contributed by atoms with Gasteiger partial charge in [-0.25, -0.2) is 0 Å². The standard InChI is InChI=1S/C14H25N3O3/c15-13(17-11-3-1-2-4-11)16-9-12-10-19-14(20-12)5-7-18-8-6-14/h11-12H,1-10H2,(H3,15,16,17). The first-order chi connectivity index (χ1) is 9.76. The Morgan fingerprint density at radius 3 is 2.75 bits per heavy atom. The minimum absolute atomic E-state index is 0.0111. The van der Waals surface area contributed by atoms with Crippen LogP contribution in [0.25, 0.3) is 0 Å². The lowest BCUT2D eigenvalue weighted by Crippen LogP contribution is -2.40. The van der Waals surface area contributed by atoms with Gasteiger partial charge in [0.1, 0.15) is 6.10 Å². The van der Waals surface area contributed by atoms with Gasteiger partial charge in [0.15, 0.2) is 11.7 Å². The zero-order valence-corrected chi connectivity index (χ0v) is 12.0. The molecule has 2 heterocycles. The Morgan fingerprint density at radius 1 is 1.25 bits per heavy atom. The normalized spacial score (nSPS) is 31.0. The summed E-state index contributed by atoms with van der Waals surface area (Å²) in [6, 6.07) is 0.501. The van der Waals surface area contributed by atoms with Gasteiger partial charge in [0.05, 0.1) is 26.4 Å². The van der Waals surface area contributed by atoms with Crippen LogP contribution in [-0.4, -0.2) is 50.3 Å². The Balaban J connectivity index is 1.44. The topological polar surface area (TPSA) is 78.1 Å². The van der Waals surface area contributed by atoms with Crippen LogP contribution >= 0.6 is 0 Å². The molecule has 2 aliphatic heterocycles. The van der Waals surface area contributed by atoms with E-state index in [-0.39, 0.29) is 6.10 Å². The van der Waals surface area contributed by atoms with Gasteiger partial charge in [0, 0.05) is 18.9 Å². The average molecular weight is 283 g/mol. The molecule has 2 saturated heterocycles. The molecule has 3 N–H and O–H groups in total. The van der Waals surface area contributed by atoms with Crippen LogP contribution in [0.2, 0.25) is 0 Å². The fraction of sp³-hybridized carbons (Fsp3) is 0.929. The summed E-state index contributed by atoms with van der Waals surface area (Å²) in [5.74, 6) is 0.111. The summed E-state index contributed by atoms with van der Waals surface area (Å²) in [6.07, 6.45) is 6.60. The maximum Gasteiger partial charge on any atom is 0.188 e. The average Bonchev–Trinajstić information content (AvgIpc) is 3.08. The highest BCUT2D eigenvalue weighted by atomic mass is 16.7. The van der Waals surface area contributed by atoms with Gasteiger partial charge in [0.25, 0.3) is 0 Å². The molecule has 3 aliphatic rings. The largest absolute Gasteiger partial charge is 0.381 e. The molecule has 1 unspecified atom stereocenters. The highest BCUT2D eigenvalue weighted by molar-refractivity contribution is 5.78. The Hall–Kier alpha value is -0.850. The van der Waals surface area contributed by atoms with Crippen molar-refractivity contribution in [1.29, 1.82) is 0 Å². The smallest absolute Gasteiger partial charge is 0.188 e. The molecule has 1 aliphatic carbocycles. The summed E-state index contributed by atoms with van der Waals surface area (Å²) in [4.78, 5) is 4.39. The van der Waals surface area contributed by atoms with Gasteiger partial charge in [-0.2, -0.15) is 0 Å². The van der Waals surface area contributed by atoms with Crippen molar-refractivity contribution in [3.05, 3.63) is 0 Å². The first-order valence-corrected chi connectivity index (χ1v) is 7.72. The van der Waals surface area contributed by atoms with Crippen LogP contribution in [0.15, 0.2) is 4.99 Å². The Kier molecular flexibility index (Phi) is 4.43. The lowest BCUT2D eigenvalue weighted by molar-refractivity contribution is -0.210. The van der Waals surface area contributed by atoms with Gasteiger partial charge in [0.2, 0.25) is 0 Å². The number of ether oxygens (including phenoxy) is 3. The molecule has 0 aromatic heterocycles. The Bertz CT molecular complexity index is 350. The third-order valence-electron chi connectivity index (χ3n) is 4.34. The number of nitrogens with one attached hydrogen (secondary N) is 1. The monoisotopic (exact) mass is 283 g/mol. The lowest BCUT2D eigenvalue weighted by atomic mass is 10.1. The summed E-state index contributed by atoms with van der Waals surface area (Å²) in [5.41, 5.74) is 5.92. The first-order valence-electron chi connectivity index (χ1n) is 7.72. The summed E-state index contributed by atoms with van der Waals surface area (Å²) < 4.78 is 17.2. The minimum Gasteiger partial charge on any atom is -0.381 e. The quantitative estimate of drug-likeness (QED) is 0.590. The minimum atomic E-state index is -0.425. The molecule has 0 bridgehead atoms. The maximum atomic E-state index is 6.02. The molecule has 1 saturated carbocycles. The van der Waals surface area contributed by atoms with Crippen molar-refractivity contribution in [1.82, 2.24) is 5.32 Å². The van der Waals surface area contributed by atoms with Crippen LogP contribution in [0.1, 0.15) is 38.5 Å². The van der Waals surface area contributed by atoms with E-state index in [1.165, 1.54) is 25.7 Å². The molecule has 114 valence electrons. The fourth-order valence-corrected chi connectivity index (χ4v) is 3.18. The van der Waals surface area contributed by atoms with E-state index in [2.05, 4.69) is 10.3 Å². The molecule has 0 amide bonds. The Morgan fingerprint density at radius 2 is 2.00 bits per heavy atom. The molecule has 1 spiro atoms. The molecule has 3 fully saturated rings.